The third kappa shape index (κ3) is 4.14. The van der Waals surface area contributed by atoms with E-state index in [1.807, 2.05) is 49.4 Å². The van der Waals surface area contributed by atoms with E-state index in [1.54, 1.807) is 49.9 Å². The molecule has 1 aliphatic rings. The van der Waals surface area contributed by atoms with Crippen molar-refractivity contribution in [3.63, 3.8) is 0 Å². The SMILES string of the molecule is COc1cc([C@H]2SC(c3ccccc3)=Nc3c2c(C)nn3-c2ccc(F)cc2)cc(OC)c1OC. The highest BCUT2D eigenvalue weighted by molar-refractivity contribution is 8.14. The molecule has 0 amide bonds. The van der Waals surface area contributed by atoms with Gasteiger partial charge in [0, 0.05) is 11.1 Å². The first-order chi connectivity index (χ1) is 17.0. The average Bonchev–Trinajstić information content (AvgIpc) is 3.24. The summed E-state index contributed by atoms with van der Waals surface area (Å²) in [4.78, 5) is 5.03. The number of ether oxygens (including phenoxy) is 3. The zero-order valence-electron chi connectivity index (χ0n) is 19.8. The summed E-state index contributed by atoms with van der Waals surface area (Å²) in [5.41, 5.74) is 4.53. The van der Waals surface area contributed by atoms with Crippen molar-refractivity contribution >= 4 is 22.6 Å². The third-order valence-electron chi connectivity index (χ3n) is 5.86. The van der Waals surface area contributed by atoms with E-state index in [2.05, 4.69) is 0 Å². The lowest BCUT2D eigenvalue weighted by Gasteiger charge is -2.25. The first kappa shape index (κ1) is 23.0. The summed E-state index contributed by atoms with van der Waals surface area (Å²) in [5.74, 6) is 2.11. The van der Waals surface area contributed by atoms with Crippen LogP contribution >= 0.6 is 11.8 Å². The van der Waals surface area contributed by atoms with Gasteiger partial charge in [0.05, 0.1) is 38.0 Å². The highest BCUT2D eigenvalue weighted by atomic mass is 32.2. The largest absolute Gasteiger partial charge is 0.493 e. The van der Waals surface area contributed by atoms with E-state index in [-0.39, 0.29) is 11.1 Å². The fourth-order valence-electron chi connectivity index (χ4n) is 4.20. The molecule has 0 fully saturated rings. The molecule has 35 heavy (non-hydrogen) atoms. The van der Waals surface area contributed by atoms with Crippen molar-refractivity contribution in [2.75, 3.05) is 21.3 Å². The Balaban J connectivity index is 1.73. The zero-order valence-corrected chi connectivity index (χ0v) is 20.6. The lowest BCUT2D eigenvalue weighted by atomic mass is 10.0. The molecular formula is C27H24FN3O3S. The van der Waals surface area contributed by atoms with Crippen molar-refractivity contribution in [1.82, 2.24) is 9.78 Å². The van der Waals surface area contributed by atoms with E-state index in [4.69, 9.17) is 24.3 Å². The van der Waals surface area contributed by atoms with Crippen molar-refractivity contribution in [1.29, 1.82) is 0 Å². The fourth-order valence-corrected chi connectivity index (χ4v) is 5.50. The molecule has 0 N–H and O–H groups in total. The number of methoxy groups -OCH3 is 3. The predicted molar refractivity (Wildman–Crippen MR) is 136 cm³/mol. The number of benzene rings is 3. The highest BCUT2D eigenvalue weighted by Gasteiger charge is 2.33. The van der Waals surface area contributed by atoms with Gasteiger partial charge in [-0.15, -0.1) is 0 Å². The highest BCUT2D eigenvalue weighted by Crippen LogP contribution is 2.51. The molecule has 0 unspecified atom stereocenters. The fraction of sp³-hybridized carbons (Fsp3) is 0.185. The summed E-state index contributed by atoms with van der Waals surface area (Å²) in [6.07, 6.45) is 0. The molecule has 0 spiro atoms. The Morgan fingerprint density at radius 1 is 0.886 bits per heavy atom. The molecule has 1 aliphatic heterocycles. The van der Waals surface area contributed by atoms with Crippen LogP contribution in [0.1, 0.15) is 27.6 Å². The van der Waals surface area contributed by atoms with Gasteiger partial charge in [0.1, 0.15) is 10.9 Å². The van der Waals surface area contributed by atoms with Crippen LogP contribution in [0.15, 0.2) is 71.7 Å². The van der Waals surface area contributed by atoms with Crippen molar-refractivity contribution in [3.8, 4) is 22.9 Å². The second-order valence-corrected chi connectivity index (χ2v) is 9.04. The minimum absolute atomic E-state index is 0.138. The third-order valence-corrected chi connectivity index (χ3v) is 7.16. The van der Waals surface area contributed by atoms with Gasteiger partial charge in [-0.25, -0.2) is 14.1 Å². The standard InChI is InChI=1S/C27H24FN3O3S/c1-16-23-25(18-14-21(32-2)24(34-4)22(15-18)33-3)35-27(17-8-6-5-7-9-17)29-26(23)31(30-16)20-12-10-19(28)11-13-20/h5-15,25H,1-4H3/t25-/m1/s1. The second-order valence-electron chi connectivity index (χ2n) is 7.95. The molecular weight excluding hydrogens is 465 g/mol. The summed E-state index contributed by atoms with van der Waals surface area (Å²) in [6, 6.07) is 20.2. The number of aryl methyl sites for hydroxylation is 1. The molecule has 8 heteroatoms. The molecule has 0 saturated heterocycles. The summed E-state index contributed by atoms with van der Waals surface area (Å²) in [5, 5.41) is 5.52. The van der Waals surface area contributed by atoms with Gasteiger partial charge >= 0.3 is 0 Å². The van der Waals surface area contributed by atoms with Gasteiger partial charge in [-0.05, 0) is 48.9 Å². The van der Waals surface area contributed by atoms with E-state index < -0.39 is 0 Å². The van der Waals surface area contributed by atoms with Gasteiger partial charge < -0.3 is 14.2 Å². The minimum Gasteiger partial charge on any atom is -0.493 e. The van der Waals surface area contributed by atoms with E-state index >= 15 is 0 Å². The van der Waals surface area contributed by atoms with Crippen LogP contribution < -0.4 is 14.2 Å². The summed E-state index contributed by atoms with van der Waals surface area (Å²) >= 11 is 1.64. The van der Waals surface area contributed by atoms with Crippen molar-refractivity contribution in [2.24, 2.45) is 4.99 Å². The first-order valence-electron chi connectivity index (χ1n) is 11.0. The predicted octanol–water partition coefficient (Wildman–Crippen LogP) is 6.26. The van der Waals surface area contributed by atoms with E-state index in [0.717, 1.165) is 33.1 Å². The molecule has 0 radical (unpaired) electrons. The quantitative estimate of drug-likeness (QED) is 0.320. The average molecular weight is 490 g/mol. The maximum atomic E-state index is 13.6. The molecule has 178 valence electrons. The van der Waals surface area contributed by atoms with Gasteiger partial charge in [-0.2, -0.15) is 5.10 Å². The number of hydrogen-bond donors (Lipinski definition) is 0. The van der Waals surface area contributed by atoms with Crippen LogP contribution in [-0.2, 0) is 0 Å². The van der Waals surface area contributed by atoms with Crippen molar-refractivity contribution in [2.45, 2.75) is 12.2 Å². The van der Waals surface area contributed by atoms with Gasteiger partial charge in [-0.3, -0.25) is 0 Å². The Bertz CT molecular complexity index is 1380. The number of thioether (sulfide) groups is 1. The Morgan fingerprint density at radius 3 is 2.14 bits per heavy atom. The van der Waals surface area contributed by atoms with Crippen LogP contribution in [0.5, 0.6) is 17.2 Å². The van der Waals surface area contributed by atoms with Gasteiger partial charge in [-0.1, -0.05) is 42.1 Å². The molecule has 5 rings (SSSR count). The monoisotopic (exact) mass is 489 g/mol. The number of aromatic nitrogens is 2. The number of halogens is 1. The first-order valence-corrected chi connectivity index (χ1v) is 11.9. The molecule has 1 aromatic heterocycles. The van der Waals surface area contributed by atoms with Crippen LogP contribution in [-0.4, -0.2) is 36.2 Å². The second kappa shape index (κ2) is 9.46. The lowest BCUT2D eigenvalue weighted by molar-refractivity contribution is 0.324. The normalized spacial score (nSPS) is 14.8. The minimum atomic E-state index is -0.300. The maximum Gasteiger partial charge on any atom is 0.203 e. The molecule has 0 bridgehead atoms. The Hall–Kier alpha value is -3.78. The number of aliphatic imine (C=N–C) groups is 1. The smallest absolute Gasteiger partial charge is 0.203 e. The van der Waals surface area contributed by atoms with Crippen LogP contribution in [0.3, 0.4) is 0 Å². The summed E-state index contributed by atoms with van der Waals surface area (Å²) in [7, 11) is 4.80. The van der Waals surface area contributed by atoms with E-state index in [1.165, 1.54) is 12.1 Å². The van der Waals surface area contributed by atoms with Crippen molar-refractivity contribution in [3.05, 3.63) is 94.9 Å². The van der Waals surface area contributed by atoms with Crippen LogP contribution in [0.25, 0.3) is 5.69 Å². The Kier molecular flexibility index (Phi) is 6.21. The van der Waals surface area contributed by atoms with E-state index in [9.17, 15) is 4.39 Å². The zero-order chi connectivity index (χ0) is 24.5. The number of hydrogen-bond acceptors (Lipinski definition) is 6. The van der Waals surface area contributed by atoms with Gasteiger partial charge in [0.25, 0.3) is 0 Å². The summed E-state index contributed by atoms with van der Waals surface area (Å²) in [6.45, 7) is 1.97. The molecule has 6 nitrogen and oxygen atoms in total. The van der Waals surface area contributed by atoms with Gasteiger partial charge in [0.2, 0.25) is 5.75 Å². The van der Waals surface area contributed by atoms with Gasteiger partial charge in [0.15, 0.2) is 17.3 Å². The topological polar surface area (TPSA) is 57.9 Å². The van der Waals surface area contributed by atoms with Crippen LogP contribution in [0.4, 0.5) is 10.2 Å². The lowest BCUT2D eigenvalue weighted by Crippen LogP contribution is -2.10. The molecule has 2 heterocycles. The van der Waals surface area contributed by atoms with Crippen LogP contribution in [0.2, 0.25) is 0 Å². The molecule has 3 aromatic carbocycles. The van der Waals surface area contributed by atoms with E-state index in [0.29, 0.717) is 23.1 Å². The Labute approximate surface area is 207 Å². The number of rotatable bonds is 6. The molecule has 4 aromatic rings. The van der Waals surface area contributed by atoms with Crippen molar-refractivity contribution < 1.29 is 18.6 Å². The van der Waals surface area contributed by atoms with Crippen LogP contribution in [0, 0.1) is 12.7 Å². The number of fused-ring (bicyclic) bond motifs is 1. The molecule has 1 atom stereocenters. The number of nitrogens with zero attached hydrogens (tertiary/aromatic N) is 3. The Morgan fingerprint density at radius 2 is 1.54 bits per heavy atom. The summed E-state index contributed by atoms with van der Waals surface area (Å²) < 4.78 is 32.2. The maximum absolute atomic E-state index is 13.6. The molecule has 0 aliphatic carbocycles. The molecule has 0 saturated carbocycles.